The number of benzene rings is 2. The Labute approximate surface area is 124 Å². The van der Waals surface area contributed by atoms with Gasteiger partial charge in [0.05, 0.1) is 0 Å². The van der Waals surface area contributed by atoms with E-state index in [1.165, 1.54) is 0 Å². The number of carbonyl (C=O) groups is 2. The lowest BCUT2D eigenvalue weighted by molar-refractivity contribution is -0.157. The van der Waals surface area contributed by atoms with Crippen LogP contribution in [0.25, 0.3) is 10.8 Å². The standard InChI is InChI=1S/C18H20O3/c1-12(17(20)21-18(2,3)4)16(19)15-11-7-9-13-8-5-6-10-14(13)15/h5-12H,1-4H3. The van der Waals surface area contributed by atoms with Gasteiger partial charge >= 0.3 is 5.97 Å². The Morgan fingerprint density at radius 1 is 1.00 bits per heavy atom. The normalized spacial score (nSPS) is 13.0. The SMILES string of the molecule is CC(C(=O)OC(C)(C)C)C(=O)c1cccc2ccccc12. The fourth-order valence-electron chi connectivity index (χ4n) is 2.17. The highest BCUT2D eigenvalue weighted by atomic mass is 16.6. The fourth-order valence-corrected chi connectivity index (χ4v) is 2.17. The zero-order valence-corrected chi connectivity index (χ0v) is 12.8. The zero-order valence-electron chi connectivity index (χ0n) is 12.8. The van der Waals surface area contributed by atoms with E-state index in [-0.39, 0.29) is 5.78 Å². The number of fused-ring (bicyclic) bond motifs is 1. The van der Waals surface area contributed by atoms with Gasteiger partial charge in [-0.2, -0.15) is 0 Å². The lowest BCUT2D eigenvalue weighted by Gasteiger charge is -2.22. The number of carbonyl (C=O) groups excluding carboxylic acids is 2. The van der Waals surface area contributed by atoms with Crippen molar-refractivity contribution in [3.63, 3.8) is 0 Å². The molecule has 0 radical (unpaired) electrons. The summed E-state index contributed by atoms with van der Waals surface area (Å²) in [7, 11) is 0. The first-order chi connectivity index (χ1) is 9.79. The Morgan fingerprint density at radius 3 is 2.29 bits per heavy atom. The third-order valence-corrected chi connectivity index (χ3v) is 3.21. The summed E-state index contributed by atoms with van der Waals surface area (Å²) < 4.78 is 5.29. The van der Waals surface area contributed by atoms with Crippen molar-refractivity contribution in [3.05, 3.63) is 48.0 Å². The molecule has 1 unspecified atom stereocenters. The van der Waals surface area contributed by atoms with Gasteiger partial charge in [-0.05, 0) is 38.5 Å². The Hall–Kier alpha value is -2.16. The number of hydrogen-bond acceptors (Lipinski definition) is 3. The van der Waals surface area contributed by atoms with Crippen LogP contribution in [0.3, 0.4) is 0 Å². The molecule has 3 nitrogen and oxygen atoms in total. The first kappa shape index (κ1) is 15.2. The van der Waals surface area contributed by atoms with Crippen molar-refractivity contribution in [3.8, 4) is 0 Å². The fraction of sp³-hybridized carbons (Fsp3) is 0.333. The summed E-state index contributed by atoms with van der Waals surface area (Å²) in [5.74, 6) is -1.50. The second-order valence-corrected chi connectivity index (χ2v) is 6.15. The first-order valence-corrected chi connectivity index (χ1v) is 7.04. The molecule has 0 saturated carbocycles. The molecular weight excluding hydrogens is 264 g/mol. The molecule has 0 aliphatic carbocycles. The summed E-state index contributed by atoms with van der Waals surface area (Å²) >= 11 is 0. The molecule has 110 valence electrons. The Morgan fingerprint density at radius 2 is 1.62 bits per heavy atom. The van der Waals surface area contributed by atoms with Crippen molar-refractivity contribution < 1.29 is 14.3 Å². The molecular formula is C18H20O3. The monoisotopic (exact) mass is 284 g/mol. The molecule has 0 bridgehead atoms. The predicted molar refractivity (Wildman–Crippen MR) is 83.3 cm³/mol. The molecule has 2 aromatic rings. The third-order valence-electron chi connectivity index (χ3n) is 3.21. The van der Waals surface area contributed by atoms with E-state index in [1.807, 2.05) is 36.4 Å². The number of ether oxygens (including phenoxy) is 1. The average Bonchev–Trinajstić information content (AvgIpc) is 2.43. The van der Waals surface area contributed by atoms with Crippen LogP contribution < -0.4 is 0 Å². The molecule has 2 aromatic carbocycles. The van der Waals surface area contributed by atoms with Crippen LogP contribution in [0.2, 0.25) is 0 Å². The molecule has 0 N–H and O–H groups in total. The van der Waals surface area contributed by atoms with E-state index in [2.05, 4.69) is 0 Å². The predicted octanol–water partition coefficient (Wildman–Crippen LogP) is 4.00. The molecule has 0 aliphatic rings. The van der Waals surface area contributed by atoms with E-state index in [0.29, 0.717) is 5.56 Å². The number of ketones is 1. The van der Waals surface area contributed by atoms with Crippen LogP contribution in [0.5, 0.6) is 0 Å². The smallest absolute Gasteiger partial charge is 0.317 e. The zero-order chi connectivity index (χ0) is 15.6. The second kappa shape index (κ2) is 5.68. The van der Waals surface area contributed by atoms with Crippen molar-refractivity contribution >= 4 is 22.5 Å². The molecule has 0 aliphatic heterocycles. The maximum absolute atomic E-state index is 12.6. The van der Waals surface area contributed by atoms with Crippen LogP contribution in [-0.2, 0) is 9.53 Å². The van der Waals surface area contributed by atoms with Crippen LogP contribution in [0.15, 0.2) is 42.5 Å². The highest BCUT2D eigenvalue weighted by Gasteiger charge is 2.28. The topological polar surface area (TPSA) is 43.4 Å². The van der Waals surface area contributed by atoms with Gasteiger partial charge in [-0.3, -0.25) is 9.59 Å². The van der Waals surface area contributed by atoms with Gasteiger partial charge in [0, 0.05) is 5.56 Å². The van der Waals surface area contributed by atoms with Crippen molar-refractivity contribution in [2.75, 3.05) is 0 Å². The summed E-state index contributed by atoms with van der Waals surface area (Å²) in [6, 6.07) is 13.2. The van der Waals surface area contributed by atoms with Gasteiger partial charge in [0.25, 0.3) is 0 Å². The van der Waals surface area contributed by atoms with E-state index in [9.17, 15) is 9.59 Å². The maximum atomic E-state index is 12.6. The van der Waals surface area contributed by atoms with Gasteiger partial charge in [-0.1, -0.05) is 42.5 Å². The molecule has 0 aromatic heterocycles. The summed E-state index contributed by atoms with van der Waals surface area (Å²) in [5.41, 5.74) is -0.0313. The summed E-state index contributed by atoms with van der Waals surface area (Å²) in [4.78, 5) is 24.7. The van der Waals surface area contributed by atoms with Crippen molar-refractivity contribution in [2.45, 2.75) is 33.3 Å². The summed E-state index contributed by atoms with van der Waals surface area (Å²) in [6.07, 6.45) is 0. The Kier molecular flexibility index (Phi) is 4.12. The van der Waals surface area contributed by atoms with Gasteiger partial charge < -0.3 is 4.74 Å². The van der Waals surface area contributed by atoms with Gasteiger partial charge in [0.15, 0.2) is 5.78 Å². The van der Waals surface area contributed by atoms with Gasteiger partial charge in [0.1, 0.15) is 11.5 Å². The van der Waals surface area contributed by atoms with E-state index in [1.54, 1.807) is 33.8 Å². The number of hydrogen-bond donors (Lipinski definition) is 0. The minimum Gasteiger partial charge on any atom is -0.459 e. The minimum atomic E-state index is -0.810. The molecule has 21 heavy (non-hydrogen) atoms. The second-order valence-electron chi connectivity index (χ2n) is 6.15. The van der Waals surface area contributed by atoms with Crippen molar-refractivity contribution in [1.82, 2.24) is 0 Å². The van der Waals surface area contributed by atoms with Gasteiger partial charge in [-0.15, -0.1) is 0 Å². The molecule has 0 fully saturated rings. The Balaban J connectivity index is 2.32. The lowest BCUT2D eigenvalue weighted by Crippen LogP contribution is -2.31. The number of rotatable bonds is 3. The average molecular weight is 284 g/mol. The van der Waals surface area contributed by atoms with E-state index in [0.717, 1.165) is 10.8 Å². The molecule has 2 rings (SSSR count). The highest BCUT2D eigenvalue weighted by molar-refractivity contribution is 6.15. The van der Waals surface area contributed by atoms with E-state index < -0.39 is 17.5 Å². The van der Waals surface area contributed by atoms with E-state index in [4.69, 9.17) is 4.74 Å². The van der Waals surface area contributed by atoms with Crippen LogP contribution in [0, 0.1) is 5.92 Å². The lowest BCUT2D eigenvalue weighted by atomic mass is 9.94. The highest BCUT2D eigenvalue weighted by Crippen LogP contribution is 2.22. The number of Topliss-reactive ketones (excluding diaryl/α,β-unsaturated/α-hetero) is 1. The molecule has 0 saturated heterocycles. The van der Waals surface area contributed by atoms with Crippen LogP contribution in [0.4, 0.5) is 0 Å². The van der Waals surface area contributed by atoms with E-state index >= 15 is 0 Å². The quantitative estimate of drug-likeness (QED) is 0.486. The minimum absolute atomic E-state index is 0.207. The largest absolute Gasteiger partial charge is 0.459 e. The number of esters is 1. The van der Waals surface area contributed by atoms with Crippen LogP contribution in [-0.4, -0.2) is 17.4 Å². The Bertz CT molecular complexity index is 675. The van der Waals surface area contributed by atoms with Gasteiger partial charge in [0.2, 0.25) is 0 Å². The summed E-state index contributed by atoms with van der Waals surface area (Å²) in [5, 5.41) is 1.85. The van der Waals surface area contributed by atoms with Crippen LogP contribution in [0.1, 0.15) is 38.1 Å². The molecule has 0 amide bonds. The van der Waals surface area contributed by atoms with Crippen LogP contribution >= 0.6 is 0 Å². The first-order valence-electron chi connectivity index (χ1n) is 7.04. The third kappa shape index (κ3) is 3.48. The molecule has 3 heteroatoms. The molecule has 0 heterocycles. The molecule has 0 spiro atoms. The van der Waals surface area contributed by atoms with Crippen molar-refractivity contribution in [1.29, 1.82) is 0 Å². The van der Waals surface area contributed by atoms with Gasteiger partial charge in [-0.25, -0.2) is 0 Å². The summed E-state index contributed by atoms with van der Waals surface area (Å²) in [6.45, 7) is 6.97. The molecule has 1 atom stereocenters. The maximum Gasteiger partial charge on any atom is 0.317 e. The van der Waals surface area contributed by atoms with Crippen molar-refractivity contribution in [2.24, 2.45) is 5.92 Å².